The van der Waals surface area contributed by atoms with Crippen LogP contribution in [0.4, 0.5) is 0 Å². The van der Waals surface area contributed by atoms with Crippen molar-refractivity contribution in [3.05, 3.63) is 144 Å². The van der Waals surface area contributed by atoms with E-state index >= 15 is 0 Å². The molecule has 4 aromatic carbocycles. The van der Waals surface area contributed by atoms with Gasteiger partial charge in [0, 0.05) is 13.1 Å². The van der Waals surface area contributed by atoms with Crippen LogP contribution in [0.25, 0.3) is 0 Å². The Morgan fingerprint density at radius 3 is 0.817 bits per heavy atom. The molecule has 0 radical (unpaired) electrons. The molecule has 0 unspecified atom stereocenters. The molecule has 4 saturated carbocycles. The van der Waals surface area contributed by atoms with E-state index in [1.807, 2.05) is 100 Å². The fraction of sp³-hybridized carbons (Fsp3) is 0.606. The molecule has 0 atom stereocenters. The summed E-state index contributed by atoms with van der Waals surface area (Å²) in [5.74, 6) is 5.80. The van der Waals surface area contributed by atoms with Crippen LogP contribution in [0.3, 0.4) is 0 Å². The zero-order chi connectivity index (χ0) is 51.6. The topological polar surface area (TPSA) is 60.8 Å². The Balaban J connectivity index is 0.000000232. The minimum atomic E-state index is 0.00282. The number of rotatable bonds is 7. The lowest BCUT2D eigenvalue weighted by Crippen LogP contribution is -2.58. The quantitative estimate of drug-likeness (QED) is 0.173. The van der Waals surface area contributed by atoms with Crippen molar-refractivity contribution in [3.63, 3.8) is 0 Å². The van der Waals surface area contributed by atoms with Gasteiger partial charge in [0.05, 0.1) is 0 Å². The first-order valence-electron chi connectivity index (χ1n) is 29.1. The minimum Gasteiger partial charge on any atom is -0.332 e. The van der Waals surface area contributed by atoms with Crippen molar-refractivity contribution in [2.45, 2.75) is 211 Å². The van der Waals surface area contributed by atoms with Crippen LogP contribution < -0.4 is 16.0 Å². The maximum absolute atomic E-state index is 4.37. The van der Waals surface area contributed by atoms with Gasteiger partial charge in [0.15, 0.2) is 11.9 Å². The molecule has 4 aliphatic carbocycles. The van der Waals surface area contributed by atoms with Gasteiger partial charge in [-0.25, -0.2) is 0 Å². The van der Waals surface area contributed by atoms with Gasteiger partial charge < -0.3 is 10.6 Å². The summed E-state index contributed by atoms with van der Waals surface area (Å²) in [5, 5.41) is 9.74. The molecular weight excluding hydrogens is 863 g/mol. The molecule has 2 spiro atoms. The molecule has 4 aromatic rings. The van der Waals surface area contributed by atoms with E-state index in [1.165, 1.54) is 93.7 Å². The third-order valence-corrected chi connectivity index (χ3v) is 16.4. The zero-order valence-electron chi connectivity index (χ0n) is 47.4. The van der Waals surface area contributed by atoms with Crippen molar-refractivity contribution in [1.29, 1.82) is 0 Å². The molecule has 394 valence electrons. The van der Waals surface area contributed by atoms with Gasteiger partial charge in [-0.3, -0.25) is 15.3 Å². The SMILES string of the molecule is CC.CCC1CCC2(CC1)CCC(CC)CC2.CCC1CCC2(CC1)CCC(CC)CC2.CCN=C1NC(=NCC)NC(c2ccccc2)N1.Cc1ccccc1.Cc1ccccc1.Cc1ccccc1. The predicted octanol–water partition coefficient (Wildman–Crippen LogP) is 18.6. The Labute approximate surface area is 437 Å². The standard InChI is InChI=1S/2C15H28.C13H19N5.3C7H8.C2H6/c2*1-3-13-5-9-15(10-6-13)11-7-14(4-2)8-12-15;1-3-14-12-16-11(10-8-6-5-7-9-10)17-13(18-12)15-4-2;3*1-7-5-3-2-4-6-7;1-2/h2*13-14H,3-12H2,1-2H3;5-9,11H,3-4H2,1-2H3,(H3,14,15,16,17,18);3*2-6H,1H3;1-2H3. The highest BCUT2D eigenvalue weighted by Crippen LogP contribution is 2.52. The second kappa shape index (κ2) is 35.7. The highest BCUT2D eigenvalue weighted by molar-refractivity contribution is 6.01. The summed E-state index contributed by atoms with van der Waals surface area (Å²) in [6.07, 6.45) is 30.4. The fourth-order valence-corrected chi connectivity index (χ4v) is 11.2. The minimum absolute atomic E-state index is 0.00282. The first-order valence-corrected chi connectivity index (χ1v) is 29.1. The van der Waals surface area contributed by atoms with Crippen molar-refractivity contribution in [1.82, 2.24) is 16.0 Å². The smallest absolute Gasteiger partial charge is 0.199 e. The van der Waals surface area contributed by atoms with Crippen LogP contribution in [0.5, 0.6) is 0 Å². The number of benzene rings is 4. The molecule has 3 N–H and O–H groups in total. The highest BCUT2D eigenvalue weighted by Gasteiger charge is 2.38. The Morgan fingerprint density at radius 1 is 0.380 bits per heavy atom. The maximum atomic E-state index is 4.37. The molecule has 0 aromatic heterocycles. The third kappa shape index (κ3) is 23.8. The molecule has 1 heterocycles. The van der Waals surface area contributed by atoms with Crippen molar-refractivity contribution in [2.24, 2.45) is 44.5 Å². The molecule has 5 fully saturated rings. The van der Waals surface area contributed by atoms with Crippen LogP contribution >= 0.6 is 0 Å². The summed E-state index contributed by atoms with van der Waals surface area (Å²) in [6.45, 7) is 25.2. The van der Waals surface area contributed by atoms with Crippen molar-refractivity contribution < 1.29 is 0 Å². The van der Waals surface area contributed by atoms with Crippen LogP contribution in [0.1, 0.15) is 212 Å². The summed E-state index contributed by atoms with van der Waals surface area (Å²) < 4.78 is 0. The number of aryl methyl sites for hydroxylation is 3. The monoisotopic (exact) mass is 968 g/mol. The second-order valence-corrected chi connectivity index (χ2v) is 21.3. The van der Waals surface area contributed by atoms with Gasteiger partial charge in [-0.1, -0.05) is 205 Å². The maximum Gasteiger partial charge on any atom is 0.199 e. The Kier molecular flexibility index (Phi) is 30.6. The first kappa shape index (κ1) is 60.9. The average Bonchev–Trinajstić information content (AvgIpc) is 3.42. The van der Waals surface area contributed by atoms with Crippen LogP contribution in [0, 0.1) is 55.3 Å². The van der Waals surface area contributed by atoms with E-state index < -0.39 is 0 Å². The molecule has 5 nitrogen and oxygen atoms in total. The molecule has 71 heavy (non-hydrogen) atoms. The summed E-state index contributed by atoms with van der Waals surface area (Å²) in [4.78, 5) is 8.73. The van der Waals surface area contributed by atoms with Gasteiger partial charge in [-0.15, -0.1) is 0 Å². The van der Waals surface area contributed by atoms with Crippen molar-refractivity contribution >= 4 is 11.9 Å². The number of aliphatic imine (C=N–C) groups is 2. The zero-order valence-corrected chi connectivity index (χ0v) is 47.4. The van der Waals surface area contributed by atoms with Gasteiger partial charge in [0.25, 0.3) is 0 Å². The van der Waals surface area contributed by atoms with Crippen LogP contribution in [-0.4, -0.2) is 25.0 Å². The fourth-order valence-electron chi connectivity index (χ4n) is 11.2. The largest absolute Gasteiger partial charge is 0.332 e. The number of hydrogen-bond acceptors (Lipinski definition) is 2. The average molecular weight is 969 g/mol. The number of guanidine groups is 2. The van der Waals surface area contributed by atoms with Crippen molar-refractivity contribution in [2.75, 3.05) is 13.1 Å². The molecule has 5 heteroatoms. The Morgan fingerprint density at radius 2 is 0.620 bits per heavy atom. The summed E-state index contributed by atoms with van der Waals surface area (Å²) in [5.41, 5.74) is 6.76. The second-order valence-electron chi connectivity index (χ2n) is 21.3. The van der Waals surface area contributed by atoms with E-state index in [4.69, 9.17) is 0 Å². The summed E-state index contributed by atoms with van der Waals surface area (Å²) in [7, 11) is 0. The van der Waals surface area contributed by atoms with E-state index in [2.05, 4.69) is 123 Å². The summed E-state index contributed by atoms with van der Waals surface area (Å²) >= 11 is 0. The van der Waals surface area contributed by atoms with E-state index in [1.54, 1.807) is 51.4 Å². The Hall–Kier alpha value is -4.38. The van der Waals surface area contributed by atoms with Crippen molar-refractivity contribution in [3.8, 4) is 0 Å². The third-order valence-electron chi connectivity index (χ3n) is 16.4. The first-order chi connectivity index (χ1) is 34.6. The number of nitrogens with one attached hydrogen (secondary N) is 3. The number of hydrogen-bond donors (Lipinski definition) is 3. The van der Waals surface area contributed by atoms with E-state index in [0.717, 1.165) is 65.1 Å². The lowest BCUT2D eigenvalue weighted by molar-refractivity contribution is 0.0738. The molecular formula is C66H105N5. The van der Waals surface area contributed by atoms with Gasteiger partial charge in [-0.2, -0.15) is 0 Å². The number of nitrogens with zero attached hydrogens (tertiary/aromatic N) is 2. The normalized spacial score (nSPS) is 26.3. The molecule has 0 amide bonds. The van der Waals surface area contributed by atoms with Gasteiger partial charge in [0.2, 0.25) is 0 Å². The van der Waals surface area contributed by atoms with Crippen LogP contribution in [0.15, 0.2) is 131 Å². The molecule has 5 aliphatic rings. The van der Waals surface area contributed by atoms with Crippen LogP contribution in [0.2, 0.25) is 0 Å². The van der Waals surface area contributed by atoms with Gasteiger partial charge in [0.1, 0.15) is 6.17 Å². The van der Waals surface area contributed by atoms with Gasteiger partial charge >= 0.3 is 0 Å². The molecule has 0 bridgehead atoms. The lowest BCUT2D eigenvalue weighted by atomic mass is 9.61. The van der Waals surface area contributed by atoms with E-state index in [-0.39, 0.29) is 6.17 Å². The van der Waals surface area contributed by atoms with E-state index in [9.17, 15) is 0 Å². The molecule has 1 aliphatic heterocycles. The molecule has 1 saturated heterocycles. The summed E-state index contributed by atoms with van der Waals surface area (Å²) in [6, 6.07) is 41.0. The van der Waals surface area contributed by atoms with Crippen LogP contribution in [-0.2, 0) is 0 Å². The van der Waals surface area contributed by atoms with E-state index in [0.29, 0.717) is 0 Å². The Bertz CT molecular complexity index is 1710. The predicted molar refractivity (Wildman–Crippen MR) is 313 cm³/mol. The van der Waals surface area contributed by atoms with Gasteiger partial charge in [-0.05, 0) is 177 Å². The highest BCUT2D eigenvalue weighted by atomic mass is 15.4. The lowest BCUT2D eigenvalue weighted by Gasteiger charge is -2.45. The molecule has 9 rings (SSSR count).